The third-order valence-electron chi connectivity index (χ3n) is 3.69. The van der Waals surface area contributed by atoms with E-state index in [0.29, 0.717) is 0 Å². The van der Waals surface area contributed by atoms with Crippen molar-refractivity contribution in [2.24, 2.45) is 5.92 Å². The number of rotatable bonds is 3. The van der Waals surface area contributed by atoms with E-state index in [1.807, 2.05) is 0 Å². The Kier molecular flexibility index (Phi) is 3.23. The highest BCUT2D eigenvalue weighted by molar-refractivity contribution is 4.87. The van der Waals surface area contributed by atoms with Gasteiger partial charge in [0.2, 0.25) is 0 Å². The molecule has 0 aromatic carbocycles. The summed E-state index contributed by atoms with van der Waals surface area (Å²) in [5, 5.41) is 3.34. The summed E-state index contributed by atoms with van der Waals surface area (Å²) in [6.45, 7) is 3.96. The average Bonchev–Trinajstić information content (AvgIpc) is 2.05. The Morgan fingerprint density at radius 3 is 2.54 bits per heavy atom. The molecule has 76 valence electrons. The van der Waals surface area contributed by atoms with Gasteiger partial charge in [0.25, 0.3) is 0 Å². The van der Waals surface area contributed by atoms with Gasteiger partial charge in [-0.15, -0.1) is 0 Å². The standard InChI is InChI=1S/C11H22N2/c1-12-9-10-5-2-3-6-11(10)13-7-4-8-13/h10-12H,2-9H2,1H3. The number of nitrogens with one attached hydrogen (secondary N) is 1. The number of likely N-dealkylation sites (tertiary alicyclic amines) is 1. The van der Waals surface area contributed by atoms with Crippen LogP contribution in [0, 0.1) is 5.92 Å². The molecule has 2 nitrogen and oxygen atoms in total. The average molecular weight is 182 g/mol. The third kappa shape index (κ3) is 2.05. The molecule has 1 aliphatic heterocycles. The zero-order chi connectivity index (χ0) is 9.10. The lowest BCUT2D eigenvalue weighted by atomic mass is 9.82. The normalized spacial score (nSPS) is 35.8. The molecule has 2 aliphatic rings. The molecular formula is C11H22N2. The van der Waals surface area contributed by atoms with Gasteiger partial charge in [0.15, 0.2) is 0 Å². The van der Waals surface area contributed by atoms with Crippen molar-refractivity contribution in [1.82, 2.24) is 10.2 Å². The quantitative estimate of drug-likeness (QED) is 0.711. The second-order valence-electron chi connectivity index (χ2n) is 4.56. The Morgan fingerprint density at radius 2 is 1.92 bits per heavy atom. The molecular weight excluding hydrogens is 160 g/mol. The van der Waals surface area contributed by atoms with E-state index in [2.05, 4.69) is 17.3 Å². The van der Waals surface area contributed by atoms with Crippen molar-refractivity contribution >= 4 is 0 Å². The highest BCUT2D eigenvalue weighted by atomic mass is 15.2. The van der Waals surface area contributed by atoms with Crippen LogP contribution in [0.3, 0.4) is 0 Å². The maximum absolute atomic E-state index is 3.34. The zero-order valence-electron chi connectivity index (χ0n) is 8.76. The summed E-state index contributed by atoms with van der Waals surface area (Å²) in [7, 11) is 2.09. The predicted molar refractivity (Wildman–Crippen MR) is 55.9 cm³/mol. The van der Waals surface area contributed by atoms with Crippen LogP contribution in [0.15, 0.2) is 0 Å². The second-order valence-corrected chi connectivity index (χ2v) is 4.56. The molecule has 13 heavy (non-hydrogen) atoms. The van der Waals surface area contributed by atoms with E-state index in [1.54, 1.807) is 0 Å². The molecule has 2 heteroatoms. The van der Waals surface area contributed by atoms with Gasteiger partial charge in [0, 0.05) is 6.04 Å². The summed E-state index contributed by atoms with van der Waals surface area (Å²) >= 11 is 0. The maximum Gasteiger partial charge on any atom is 0.0136 e. The highest BCUT2D eigenvalue weighted by Gasteiger charge is 2.31. The van der Waals surface area contributed by atoms with Crippen LogP contribution in [-0.4, -0.2) is 37.6 Å². The minimum atomic E-state index is 0.912. The summed E-state index contributed by atoms with van der Waals surface area (Å²) in [5.41, 5.74) is 0. The molecule has 0 spiro atoms. The van der Waals surface area contributed by atoms with E-state index in [9.17, 15) is 0 Å². The SMILES string of the molecule is CNCC1CCCCC1N1CCC1. The second kappa shape index (κ2) is 4.43. The molecule has 0 aromatic rings. The summed E-state index contributed by atoms with van der Waals surface area (Å²) in [6, 6.07) is 0.912. The van der Waals surface area contributed by atoms with Gasteiger partial charge in [-0.3, -0.25) is 4.90 Å². The molecule has 2 atom stereocenters. The first-order chi connectivity index (χ1) is 6.42. The van der Waals surface area contributed by atoms with Gasteiger partial charge in [0.1, 0.15) is 0 Å². The third-order valence-corrected chi connectivity index (χ3v) is 3.69. The van der Waals surface area contributed by atoms with Crippen LogP contribution in [0.5, 0.6) is 0 Å². The zero-order valence-corrected chi connectivity index (χ0v) is 8.76. The molecule has 1 aliphatic carbocycles. The van der Waals surface area contributed by atoms with Crippen molar-refractivity contribution < 1.29 is 0 Å². The molecule has 0 bridgehead atoms. The van der Waals surface area contributed by atoms with Gasteiger partial charge in [0.05, 0.1) is 0 Å². The van der Waals surface area contributed by atoms with Gasteiger partial charge < -0.3 is 5.32 Å². The molecule has 0 aromatic heterocycles. The summed E-state index contributed by atoms with van der Waals surface area (Å²) in [5.74, 6) is 0.930. The fraction of sp³-hybridized carbons (Fsp3) is 1.00. The van der Waals surface area contributed by atoms with E-state index in [-0.39, 0.29) is 0 Å². The lowest BCUT2D eigenvalue weighted by Crippen LogP contribution is -2.51. The molecule has 1 saturated heterocycles. The summed E-state index contributed by atoms with van der Waals surface area (Å²) < 4.78 is 0. The van der Waals surface area contributed by atoms with Gasteiger partial charge in [-0.2, -0.15) is 0 Å². The molecule has 2 unspecified atom stereocenters. The van der Waals surface area contributed by atoms with E-state index in [1.165, 1.54) is 51.7 Å². The Balaban J connectivity index is 1.87. The Bertz CT molecular complexity index is 152. The minimum absolute atomic E-state index is 0.912. The Hall–Kier alpha value is -0.0800. The maximum atomic E-state index is 3.34. The highest BCUT2D eigenvalue weighted by Crippen LogP contribution is 2.30. The van der Waals surface area contributed by atoms with E-state index in [0.717, 1.165) is 12.0 Å². The number of hydrogen-bond donors (Lipinski definition) is 1. The van der Waals surface area contributed by atoms with Crippen LogP contribution in [0.25, 0.3) is 0 Å². The monoisotopic (exact) mass is 182 g/mol. The smallest absolute Gasteiger partial charge is 0.0136 e. The molecule has 1 N–H and O–H groups in total. The molecule has 0 amide bonds. The van der Waals surface area contributed by atoms with Crippen molar-refractivity contribution in [3.8, 4) is 0 Å². The van der Waals surface area contributed by atoms with Crippen molar-refractivity contribution in [1.29, 1.82) is 0 Å². The van der Waals surface area contributed by atoms with Crippen molar-refractivity contribution in [3.05, 3.63) is 0 Å². The molecule has 1 saturated carbocycles. The van der Waals surface area contributed by atoms with E-state index >= 15 is 0 Å². The predicted octanol–water partition coefficient (Wildman–Crippen LogP) is 1.47. The van der Waals surface area contributed by atoms with Crippen LogP contribution >= 0.6 is 0 Å². The molecule has 1 heterocycles. The van der Waals surface area contributed by atoms with E-state index < -0.39 is 0 Å². The first kappa shape index (κ1) is 9.47. The minimum Gasteiger partial charge on any atom is -0.319 e. The fourth-order valence-electron chi connectivity index (χ4n) is 2.84. The van der Waals surface area contributed by atoms with Crippen molar-refractivity contribution in [3.63, 3.8) is 0 Å². The summed E-state index contributed by atoms with van der Waals surface area (Å²) in [4.78, 5) is 2.70. The fourth-order valence-corrected chi connectivity index (χ4v) is 2.84. The summed E-state index contributed by atoms with van der Waals surface area (Å²) in [6.07, 6.45) is 7.25. The lowest BCUT2D eigenvalue weighted by molar-refractivity contribution is 0.0521. The number of nitrogens with zero attached hydrogens (tertiary/aromatic N) is 1. The first-order valence-electron chi connectivity index (χ1n) is 5.80. The Morgan fingerprint density at radius 1 is 1.15 bits per heavy atom. The Labute approximate surface area is 81.7 Å². The lowest BCUT2D eigenvalue weighted by Gasteiger charge is -2.44. The van der Waals surface area contributed by atoms with Crippen LogP contribution in [0.4, 0.5) is 0 Å². The number of hydrogen-bond acceptors (Lipinski definition) is 2. The van der Waals surface area contributed by atoms with Crippen LogP contribution in [-0.2, 0) is 0 Å². The molecule has 2 fully saturated rings. The topological polar surface area (TPSA) is 15.3 Å². The van der Waals surface area contributed by atoms with Crippen LogP contribution < -0.4 is 5.32 Å². The van der Waals surface area contributed by atoms with Crippen molar-refractivity contribution in [2.45, 2.75) is 38.1 Å². The van der Waals surface area contributed by atoms with Crippen LogP contribution in [0.1, 0.15) is 32.1 Å². The van der Waals surface area contributed by atoms with Gasteiger partial charge in [-0.1, -0.05) is 12.8 Å². The van der Waals surface area contributed by atoms with Gasteiger partial charge >= 0.3 is 0 Å². The largest absolute Gasteiger partial charge is 0.319 e. The van der Waals surface area contributed by atoms with Crippen LogP contribution in [0.2, 0.25) is 0 Å². The van der Waals surface area contributed by atoms with E-state index in [4.69, 9.17) is 0 Å². The molecule has 0 radical (unpaired) electrons. The van der Waals surface area contributed by atoms with Crippen molar-refractivity contribution in [2.75, 3.05) is 26.7 Å². The first-order valence-corrected chi connectivity index (χ1v) is 5.80. The van der Waals surface area contributed by atoms with Gasteiger partial charge in [-0.25, -0.2) is 0 Å². The molecule has 2 rings (SSSR count). The van der Waals surface area contributed by atoms with Gasteiger partial charge in [-0.05, 0) is 51.9 Å².